The lowest BCUT2D eigenvalue weighted by molar-refractivity contribution is -0.118. The van der Waals surface area contributed by atoms with E-state index in [2.05, 4.69) is 5.92 Å². The van der Waals surface area contributed by atoms with Gasteiger partial charge in [0.2, 0.25) is 5.91 Å². The quantitative estimate of drug-likeness (QED) is 0.572. The highest BCUT2D eigenvalue weighted by Gasteiger charge is 2.26. The van der Waals surface area contributed by atoms with E-state index in [0.29, 0.717) is 12.8 Å². The number of halogens is 2. The molecule has 2 rings (SSSR count). The maximum Gasteiger partial charge on any atom is 0.228 e. The van der Waals surface area contributed by atoms with Crippen molar-refractivity contribution in [3.63, 3.8) is 0 Å². The van der Waals surface area contributed by atoms with Gasteiger partial charge < -0.3 is 0 Å². The molecule has 1 aromatic rings. The molecule has 0 spiro atoms. The highest BCUT2D eigenvalue weighted by Crippen LogP contribution is 2.33. The Morgan fingerprint density at radius 1 is 1.50 bits per heavy atom. The van der Waals surface area contributed by atoms with Crippen molar-refractivity contribution in [1.29, 1.82) is 0 Å². The lowest BCUT2D eigenvalue weighted by Crippen LogP contribution is -2.36. The Morgan fingerprint density at radius 3 is 2.94 bits per heavy atom. The Bertz CT molecular complexity index is 493. The topological polar surface area (TPSA) is 20.3 Å². The molecule has 16 heavy (non-hydrogen) atoms. The number of anilines is 1. The fourth-order valence-corrected chi connectivity index (χ4v) is 2.81. The summed E-state index contributed by atoms with van der Waals surface area (Å²) in [6.07, 6.45) is 6.22. The van der Waals surface area contributed by atoms with Gasteiger partial charge in [-0.25, -0.2) is 4.39 Å². The standard InChI is InChI=1S/C12H9FINO/c1-2-5-15-11(16)4-3-8-6-9(13)7-10(14)12(8)15/h1,6-7H,3-5H2. The summed E-state index contributed by atoms with van der Waals surface area (Å²) in [4.78, 5) is 13.3. The Balaban J connectivity index is 2.55. The average Bonchev–Trinajstić information content (AvgIpc) is 2.22. The number of carbonyl (C=O) groups is 1. The van der Waals surface area contributed by atoms with Gasteiger partial charge in [0.25, 0.3) is 0 Å². The minimum atomic E-state index is -0.266. The molecular formula is C12H9FINO. The van der Waals surface area contributed by atoms with Gasteiger partial charge in [-0.05, 0) is 46.7 Å². The van der Waals surface area contributed by atoms with Crippen LogP contribution in [0.15, 0.2) is 12.1 Å². The maximum atomic E-state index is 13.2. The highest BCUT2D eigenvalue weighted by atomic mass is 127. The summed E-state index contributed by atoms with van der Waals surface area (Å²) >= 11 is 2.03. The predicted molar refractivity (Wildman–Crippen MR) is 68.6 cm³/mol. The molecule has 0 saturated heterocycles. The molecular weight excluding hydrogens is 320 g/mol. The zero-order valence-electron chi connectivity index (χ0n) is 8.46. The van der Waals surface area contributed by atoms with Crippen molar-refractivity contribution in [3.05, 3.63) is 27.1 Å². The van der Waals surface area contributed by atoms with E-state index in [1.54, 1.807) is 4.90 Å². The van der Waals surface area contributed by atoms with Gasteiger partial charge in [0.15, 0.2) is 0 Å². The molecule has 0 unspecified atom stereocenters. The number of hydrogen-bond acceptors (Lipinski definition) is 1. The third-order valence-corrected chi connectivity index (χ3v) is 3.36. The minimum Gasteiger partial charge on any atom is -0.299 e. The number of hydrogen-bond donors (Lipinski definition) is 0. The fourth-order valence-electron chi connectivity index (χ4n) is 1.87. The van der Waals surface area contributed by atoms with Crippen LogP contribution in [0.25, 0.3) is 0 Å². The van der Waals surface area contributed by atoms with Crippen LogP contribution in [-0.2, 0) is 11.2 Å². The number of terminal acetylenes is 1. The third-order valence-electron chi connectivity index (χ3n) is 2.54. The first-order valence-electron chi connectivity index (χ1n) is 4.85. The lowest BCUT2D eigenvalue weighted by Gasteiger charge is -2.28. The van der Waals surface area contributed by atoms with Crippen LogP contribution in [-0.4, -0.2) is 12.5 Å². The zero-order chi connectivity index (χ0) is 11.7. The summed E-state index contributed by atoms with van der Waals surface area (Å²) in [6.45, 7) is 0.244. The normalized spacial score (nSPS) is 14.6. The Morgan fingerprint density at radius 2 is 2.25 bits per heavy atom. The molecule has 0 radical (unpaired) electrons. The van der Waals surface area contributed by atoms with E-state index in [-0.39, 0.29) is 18.3 Å². The zero-order valence-corrected chi connectivity index (χ0v) is 10.6. The predicted octanol–water partition coefficient (Wildman–Crippen LogP) is 2.34. The molecule has 0 fully saturated rings. The summed E-state index contributed by atoms with van der Waals surface area (Å²) < 4.78 is 13.9. The molecule has 0 aliphatic carbocycles. The van der Waals surface area contributed by atoms with Crippen LogP contribution < -0.4 is 4.90 Å². The molecule has 1 aromatic carbocycles. The number of rotatable bonds is 1. The minimum absolute atomic E-state index is 0.00924. The average molecular weight is 329 g/mol. The molecule has 0 saturated carbocycles. The van der Waals surface area contributed by atoms with E-state index in [1.165, 1.54) is 12.1 Å². The van der Waals surface area contributed by atoms with Gasteiger partial charge in [-0.3, -0.25) is 9.69 Å². The smallest absolute Gasteiger partial charge is 0.228 e. The van der Waals surface area contributed by atoms with Crippen molar-refractivity contribution in [2.24, 2.45) is 0 Å². The first-order valence-corrected chi connectivity index (χ1v) is 5.93. The molecule has 4 heteroatoms. The number of carbonyl (C=O) groups excluding carboxylic acids is 1. The fraction of sp³-hybridized carbons (Fsp3) is 0.250. The second-order valence-corrected chi connectivity index (χ2v) is 4.74. The first kappa shape index (κ1) is 11.4. The second kappa shape index (κ2) is 4.42. The SMILES string of the molecule is C#CCN1C(=O)CCc2cc(F)cc(I)c21. The van der Waals surface area contributed by atoms with E-state index >= 15 is 0 Å². The maximum absolute atomic E-state index is 13.2. The van der Waals surface area contributed by atoms with Crippen LogP contribution in [0.1, 0.15) is 12.0 Å². The number of benzene rings is 1. The molecule has 1 aliphatic rings. The van der Waals surface area contributed by atoms with E-state index in [0.717, 1.165) is 14.8 Å². The second-order valence-electron chi connectivity index (χ2n) is 3.58. The van der Waals surface area contributed by atoms with Crippen LogP contribution in [0.3, 0.4) is 0 Å². The van der Waals surface area contributed by atoms with Gasteiger partial charge in [-0.1, -0.05) is 5.92 Å². The monoisotopic (exact) mass is 329 g/mol. The Labute approximate surface area is 107 Å². The van der Waals surface area contributed by atoms with Crippen molar-refractivity contribution >= 4 is 34.2 Å². The summed E-state index contributed by atoms with van der Waals surface area (Å²) in [5.74, 6) is 2.20. The summed E-state index contributed by atoms with van der Waals surface area (Å²) in [7, 11) is 0. The van der Waals surface area contributed by atoms with Gasteiger partial charge in [0, 0.05) is 9.99 Å². The van der Waals surface area contributed by atoms with Crippen molar-refractivity contribution in [1.82, 2.24) is 0 Å². The molecule has 1 heterocycles. The van der Waals surface area contributed by atoms with Crippen LogP contribution in [0, 0.1) is 21.7 Å². The number of aryl methyl sites for hydroxylation is 1. The van der Waals surface area contributed by atoms with Gasteiger partial charge in [-0.15, -0.1) is 6.42 Å². The van der Waals surface area contributed by atoms with Crippen LogP contribution in [0.2, 0.25) is 0 Å². The summed E-state index contributed by atoms with van der Waals surface area (Å²) in [6, 6.07) is 2.90. The van der Waals surface area contributed by atoms with Gasteiger partial charge in [0.05, 0.1) is 12.2 Å². The van der Waals surface area contributed by atoms with Crippen LogP contribution in [0.5, 0.6) is 0 Å². The highest BCUT2D eigenvalue weighted by molar-refractivity contribution is 14.1. The van der Waals surface area contributed by atoms with E-state index < -0.39 is 0 Å². The summed E-state index contributed by atoms with van der Waals surface area (Å²) in [5, 5.41) is 0. The van der Waals surface area contributed by atoms with Crippen LogP contribution in [0.4, 0.5) is 10.1 Å². The Hall–Kier alpha value is -1.09. The largest absolute Gasteiger partial charge is 0.299 e. The van der Waals surface area contributed by atoms with Crippen LogP contribution >= 0.6 is 22.6 Å². The molecule has 0 aromatic heterocycles. The van der Waals surface area contributed by atoms with Crippen molar-refractivity contribution in [2.45, 2.75) is 12.8 Å². The molecule has 82 valence electrons. The third kappa shape index (κ3) is 1.92. The number of fused-ring (bicyclic) bond motifs is 1. The lowest BCUT2D eigenvalue weighted by atomic mass is 10.0. The molecule has 0 bridgehead atoms. The van der Waals surface area contributed by atoms with E-state index in [4.69, 9.17) is 6.42 Å². The van der Waals surface area contributed by atoms with E-state index in [1.807, 2.05) is 22.6 Å². The molecule has 2 nitrogen and oxygen atoms in total. The van der Waals surface area contributed by atoms with Crippen molar-refractivity contribution in [3.8, 4) is 12.3 Å². The van der Waals surface area contributed by atoms with Crippen molar-refractivity contribution < 1.29 is 9.18 Å². The van der Waals surface area contributed by atoms with Gasteiger partial charge in [0.1, 0.15) is 5.82 Å². The Kier molecular flexibility index (Phi) is 3.15. The molecule has 0 atom stereocenters. The number of amides is 1. The van der Waals surface area contributed by atoms with Gasteiger partial charge in [-0.2, -0.15) is 0 Å². The van der Waals surface area contributed by atoms with E-state index in [9.17, 15) is 9.18 Å². The van der Waals surface area contributed by atoms with Crippen molar-refractivity contribution in [2.75, 3.05) is 11.4 Å². The molecule has 0 N–H and O–H groups in total. The summed E-state index contributed by atoms with van der Waals surface area (Å²) in [5.41, 5.74) is 1.63. The van der Waals surface area contributed by atoms with Gasteiger partial charge >= 0.3 is 0 Å². The number of nitrogens with zero attached hydrogens (tertiary/aromatic N) is 1. The molecule has 1 amide bonds. The first-order chi connectivity index (χ1) is 7.63. The molecule has 1 aliphatic heterocycles.